The number of fused-ring (bicyclic) bond motifs is 3. The lowest BCUT2D eigenvalue weighted by Crippen LogP contribution is -2.38. The summed E-state index contributed by atoms with van der Waals surface area (Å²) >= 11 is 3.78. The lowest BCUT2D eigenvalue weighted by Gasteiger charge is -2.30. The number of aryl methyl sites for hydroxylation is 1. The van der Waals surface area contributed by atoms with Crippen LogP contribution in [0, 0.1) is 3.57 Å². The second-order valence-corrected chi connectivity index (χ2v) is 10.6. The molecule has 4 nitrogen and oxygen atoms in total. The number of ether oxygens (including phenoxy) is 1. The van der Waals surface area contributed by atoms with Crippen molar-refractivity contribution in [3.05, 3.63) is 124 Å². The van der Waals surface area contributed by atoms with Crippen molar-refractivity contribution in [3.63, 3.8) is 0 Å². The van der Waals surface area contributed by atoms with Crippen LogP contribution in [0.5, 0.6) is 5.75 Å². The molecular formula is C28H21IN2O2S. The fraction of sp³-hybridized carbons (Fsp3) is 0.143. The summed E-state index contributed by atoms with van der Waals surface area (Å²) in [7, 11) is 1.67. The van der Waals surface area contributed by atoms with E-state index < -0.39 is 0 Å². The number of hydrogen-bond acceptors (Lipinski definition) is 4. The normalized spacial score (nSPS) is 17.0. The molecule has 4 aromatic rings. The number of nitrogens with zero attached hydrogens (tertiary/aromatic N) is 2. The van der Waals surface area contributed by atoms with Crippen LogP contribution in [0.25, 0.3) is 11.8 Å². The zero-order chi connectivity index (χ0) is 23.2. The highest BCUT2D eigenvalue weighted by Gasteiger charge is 2.32. The van der Waals surface area contributed by atoms with Crippen molar-refractivity contribution < 1.29 is 4.74 Å². The van der Waals surface area contributed by atoms with Gasteiger partial charge in [0.1, 0.15) is 5.75 Å². The van der Waals surface area contributed by atoms with E-state index in [0.717, 1.165) is 43.8 Å². The summed E-state index contributed by atoms with van der Waals surface area (Å²) in [6.07, 6.45) is 3.82. The first-order chi connectivity index (χ1) is 16.6. The highest BCUT2D eigenvalue weighted by molar-refractivity contribution is 14.1. The molecule has 2 aliphatic rings. The molecule has 3 aromatic carbocycles. The summed E-state index contributed by atoms with van der Waals surface area (Å²) in [6, 6.07) is 24.5. The van der Waals surface area contributed by atoms with Gasteiger partial charge >= 0.3 is 0 Å². The molecule has 1 aliphatic heterocycles. The molecule has 6 rings (SSSR count). The quantitative estimate of drug-likeness (QED) is 0.325. The minimum atomic E-state index is -0.178. The Labute approximate surface area is 214 Å². The average molecular weight is 576 g/mol. The zero-order valence-electron chi connectivity index (χ0n) is 18.5. The van der Waals surface area contributed by atoms with Gasteiger partial charge in [-0.25, -0.2) is 4.99 Å². The maximum Gasteiger partial charge on any atom is 0.271 e. The average Bonchev–Trinajstić information content (AvgIpc) is 3.18. The summed E-state index contributed by atoms with van der Waals surface area (Å²) in [5.74, 6) is 0.804. The molecule has 0 bridgehead atoms. The number of methoxy groups -OCH3 is 1. The molecule has 1 aromatic heterocycles. The fourth-order valence-electron chi connectivity index (χ4n) is 4.84. The van der Waals surface area contributed by atoms with Gasteiger partial charge in [-0.05, 0) is 82.0 Å². The molecule has 0 radical (unpaired) electrons. The Balaban J connectivity index is 1.62. The van der Waals surface area contributed by atoms with Crippen molar-refractivity contribution in [2.45, 2.75) is 18.9 Å². The molecule has 168 valence electrons. The lowest BCUT2D eigenvalue weighted by atomic mass is 9.83. The number of thiazole rings is 1. The third kappa shape index (κ3) is 3.56. The summed E-state index contributed by atoms with van der Waals surface area (Å²) in [4.78, 5) is 19.6. The van der Waals surface area contributed by atoms with Crippen LogP contribution in [0.2, 0.25) is 0 Å². The largest absolute Gasteiger partial charge is 0.497 e. The van der Waals surface area contributed by atoms with Crippen LogP contribution >= 0.6 is 33.9 Å². The highest BCUT2D eigenvalue weighted by Crippen LogP contribution is 2.41. The number of rotatable bonds is 3. The van der Waals surface area contributed by atoms with E-state index in [0.29, 0.717) is 4.53 Å². The zero-order valence-corrected chi connectivity index (χ0v) is 21.5. The van der Waals surface area contributed by atoms with Gasteiger partial charge in [0.15, 0.2) is 4.80 Å². The maximum atomic E-state index is 13.8. The molecule has 0 fully saturated rings. The molecule has 1 atom stereocenters. The first-order valence-electron chi connectivity index (χ1n) is 11.2. The molecule has 0 amide bonds. The van der Waals surface area contributed by atoms with Gasteiger partial charge in [0.25, 0.3) is 5.56 Å². The van der Waals surface area contributed by atoms with Crippen LogP contribution in [-0.2, 0) is 6.42 Å². The number of hydrogen-bond donors (Lipinski definition) is 0. The van der Waals surface area contributed by atoms with E-state index in [1.165, 1.54) is 28.0 Å². The molecule has 0 spiro atoms. The second-order valence-electron chi connectivity index (χ2n) is 8.41. The van der Waals surface area contributed by atoms with Crippen LogP contribution < -0.4 is 19.6 Å². The Hall–Kier alpha value is -2.97. The molecule has 0 saturated carbocycles. The Bertz CT molecular complexity index is 1630. The topological polar surface area (TPSA) is 43.6 Å². The van der Waals surface area contributed by atoms with Gasteiger partial charge in [-0.2, -0.15) is 0 Å². The number of aromatic nitrogens is 1. The molecular weight excluding hydrogens is 555 g/mol. The number of halogens is 1. The van der Waals surface area contributed by atoms with E-state index in [9.17, 15) is 4.79 Å². The van der Waals surface area contributed by atoms with Crippen LogP contribution in [-0.4, -0.2) is 11.7 Å². The predicted molar refractivity (Wildman–Crippen MR) is 145 cm³/mol. The Kier molecular flexibility index (Phi) is 5.50. The van der Waals surface area contributed by atoms with E-state index in [4.69, 9.17) is 9.73 Å². The van der Waals surface area contributed by atoms with E-state index >= 15 is 0 Å². The van der Waals surface area contributed by atoms with Gasteiger partial charge in [-0.15, -0.1) is 0 Å². The smallest absolute Gasteiger partial charge is 0.271 e. The van der Waals surface area contributed by atoms with Gasteiger partial charge in [0.2, 0.25) is 0 Å². The SMILES string of the molecule is COc1ccc(C2C3=C(N=c4sc(=Cc5ccccc5I)c(=O)n42)c2ccccc2CC3)cc1. The van der Waals surface area contributed by atoms with Crippen molar-refractivity contribution in [2.75, 3.05) is 7.11 Å². The summed E-state index contributed by atoms with van der Waals surface area (Å²) in [5.41, 5.74) is 6.85. The van der Waals surface area contributed by atoms with Crippen molar-refractivity contribution in [2.24, 2.45) is 4.99 Å². The van der Waals surface area contributed by atoms with Gasteiger partial charge in [-0.3, -0.25) is 9.36 Å². The Morgan fingerprint density at radius 3 is 2.59 bits per heavy atom. The number of benzene rings is 3. The predicted octanol–water partition coefficient (Wildman–Crippen LogP) is 4.93. The molecule has 6 heteroatoms. The maximum absolute atomic E-state index is 13.8. The Morgan fingerprint density at radius 2 is 1.79 bits per heavy atom. The minimum absolute atomic E-state index is 0.00892. The Morgan fingerprint density at radius 1 is 1.03 bits per heavy atom. The minimum Gasteiger partial charge on any atom is -0.497 e. The summed E-state index contributed by atoms with van der Waals surface area (Å²) < 4.78 is 9.09. The van der Waals surface area contributed by atoms with E-state index in [2.05, 4.69) is 65.1 Å². The third-order valence-electron chi connectivity index (χ3n) is 6.50. The first kappa shape index (κ1) is 21.6. The monoisotopic (exact) mass is 576 g/mol. The van der Waals surface area contributed by atoms with Crippen molar-refractivity contribution in [3.8, 4) is 5.75 Å². The molecule has 0 N–H and O–H groups in total. The fourth-order valence-corrected chi connectivity index (χ4v) is 6.38. The van der Waals surface area contributed by atoms with E-state index in [1.54, 1.807) is 7.11 Å². The van der Waals surface area contributed by atoms with Crippen LogP contribution in [0.3, 0.4) is 0 Å². The first-order valence-corrected chi connectivity index (χ1v) is 13.0. The van der Waals surface area contributed by atoms with Gasteiger partial charge in [-0.1, -0.05) is 65.9 Å². The molecule has 2 heterocycles. The van der Waals surface area contributed by atoms with Gasteiger partial charge < -0.3 is 4.74 Å². The molecule has 1 unspecified atom stereocenters. The van der Waals surface area contributed by atoms with Crippen LogP contribution in [0.4, 0.5) is 0 Å². The highest BCUT2D eigenvalue weighted by atomic mass is 127. The summed E-state index contributed by atoms with van der Waals surface area (Å²) in [5, 5.41) is 0. The van der Waals surface area contributed by atoms with Gasteiger partial charge in [0, 0.05) is 9.13 Å². The van der Waals surface area contributed by atoms with E-state index in [-0.39, 0.29) is 11.6 Å². The molecule has 0 saturated heterocycles. The standard InChI is InChI=1S/C28H21IN2O2S/c1-33-20-13-10-18(11-14-20)26-22-15-12-17-6-2-4-8-21(17)25(22)30-28-31(26)27(32)24(34-28)16-19-7-3-5-9-23(19)29/h2-11,13-14,16,26H,12,15H2,1H3. The number of allylic oxidation sites excluding steroid dienone is 1. The van der Waals surface area contributed by atoms with Gasteiger partial charge in [0.05, 0.1) is 23.4 Å². The van der Waals surface area contributed by atoms with Crippen molar-refractivity contribution >= 4 is 45.7 Å². The molecule has 1 aliphatic carbocycles. The molecule has 34 heavy (non-hydrogen) atoms. The van der Waals surface area contributed by atoms with Crippen molar-refractivity contribution in [1.29, 1.82) is 0 Å². The third-order valence-corrected chi connectivity index (χ3v) is 8.46. The van der Waals surface area contributed by atoms with Crippen LogP contribution in [0.15, 0.2) is 88.2 Å². The van der Waals surface area contributed by atoms with Crippen molar-refractivity contribution in [1.82, 2.24) is 4.57 Å². The van der Waals surface area contributed by atoms with E-state index in [1.807, 2.05) is 41.0 Å². The second kappa shape index (κ2) is 8.67. The summed E-state index contributed by atoms with van der Waals surface area (Å²) in [6.45, 7) is 0. The van der Waals surface area contributed by atoms with Crippen LogP contribution in [0.1, 0.15) is 34.7 Å². The lowest BCUT2D eigenvalue weighted by molar-refractivity contribution is 0.414.